The third kappa shape index (κ3) is 4.71. The van der Waals surface area contributed by atoms with Crippen LogP contribution in [-0.4, -0.2) is 52.6 Å². The van der Waals surface area contributed by atoms with E-state index in [0.29, 0.717) is 18.0 Å². The first kappa shape index (κ1) is 19.5. The fourth-order valence-corrected chi connectivity index (χ4v) is 3.79. The Bertz CT molecular complexity index is 754. The van der Waals surface area contributed by atoms with E-state index in [1.54, 1.807) is 11.0 Å². The summed E-state index contributed by atoms with van der Waals surface area (Å²) in [4.78, 5) is 40.1. The topological polar surface area (TPSA) is 66.9 Å². The average Bonchev–Trinajstić information content (AvgIpc) is 3.28. The van der Waals surface area contributed by atoms with E-state index >= 15 is 0 Å². The Balaban J connectivity index is 1.65. The molecule has 0 radical (unpaired) electrons. The number of hydrogen-bond donors (Lipinski definition) is 0. The van der Waals surface area contributed by atoms with E-state index in [0.717, 1.165) is 47.2 Å². The molecule has 6 nitrogen and oxygen atoms in total. The number of rotatable bonds is 6. The summed E-state index contributed by atoms with van der Waals surface area (Å²) in [7, 11) is 0. The summed E-state index contributed by atoms with van der Waals surface area (Å²) in [6, 6.07) is 7.39. The zero-order valence-corrected chi connectivity index (χ0v) is 16.5. The Morgan fingerprint density at radius 3 is 2.52 bits per heavy atom. The van der Waals surface area contributed by atoms with E-state index in [4.69, 9.17) is 4.74 Å². The quantitative estimate of drug-likeness (QED) is 0.698. The molecule has 27 heavy (non-hydrogen) atoms. The molecule has 0 saturated carbocycles. The van der Waals surface area contributed by atoms with Gasteiger partial charge in [-0.25, -0.2) is 0 Å². The van der Waals surface area contributed by atoms with Crippen LogP contribution in [0.1, 0.15) is 38.7 Å². The van der Waals surface area contributed by atoms with Gasteiger partial charge >= 0.3 is 0 Å². The van der Waals surface area contributed by atoms with Gasteiger partial charge in [0.15, 0.2) is 0 Å². The molecule has 1 atom stereocenters. The fourth-order valence-electron chi connectivity index (χ4n) is 2.95. The number of imide groups is 1. The Morgan fingerprint density at radius 1 is 1.22 bits per heavy atom. The van der Waals surface area contributed by atoms with Crippen molar-refractivity contribution in [1.29, 1.82) is 0 Å². The number of carbonyl (C=O) groups is 3. The van der Waals surface area contributed by atoms with Gasteiger partial charge in [0.2, 0.25) is 5.91 Å². The van der Waals surface area contributed by atoms with Gasteiger partial charge in [-0.3, -0.25) is 19.3 Å². The minimum atomic E-state index is -0.405. The highest BCUT2D eigenvalue weighted by atomic mass is 32.2. The predicted octanol–water partition coefficient (Wildman–Crippen LogP) is 3.52. The summed E-state index contributed by atoms with van der Waals surface area (Å²) >= 11 is 0.876. The number of ether oxygens (including phenoxy) is 1. The van der Waals surface area contributed by atoms with Gasteiger partial charge in [-0.15, -0.1) is 0 Å². The van der Waals surface area contributed by atoms with Crippen LogP contribution in [0.15, 0.2) is 29.2 Å². The lowest BCUT2D eigenvalue weighted by Crippen LogP contribution is -2.40. The van der Waals surface area contributed by atoms with Crippen LogP contribution in [0, 0.1) is 0 Å². The van der Waals surface area contributed by atoms with Crippen molar-refractivity contribution >= 4 is 34.9 Å². The third-order valence-electron chi connectivity index (χ3n) is 4.72. The first-order chi connectivity index (χ1) is 13.0. The van der Waals surface area contributed by atoms with Crippen LogP contribution in [0.5, 0.6) is 5.75 Å². The smallest absolute Gasteiger partial charge is 0.294 e. The maximum atomic E-state index is 12.5. The summed E-state index contributed by atoms with van der Waals surface area (Å²) in [5.41, 5.74) is 0.808. The highest BCUT2D eigenvalue weighted by molar-refractivity contribution is 8.18. The summed E-state index contributed by atoms with van der Waals surface area (Å²) in [5, 5.41) is -0.393. The standard InChI is InChI=1S/C20H24N2O4S/c1-3-14(2)26-16-8-6-15(7-9-16)12-17-19(24)22(20(25)27-17)13-18(23)21-10-4-5-11-21/h6-9,12,14H,3-5,10-11,13H2,1-2H3/b17-12-/t14-/m0/s1. The third-order valence-corrected chi connectivity index (χ3v) is 5.62. The normalized spacial score (nSPS) is 19.9. The molecule has 0 bridgehead atoms. The van der Waals surface area contributed by atoms with Crippen molar-refractivity contribution in [2.45, 2.75) is 39.2 Å². The first-order valence-corrected chi connectivity index (χ1v) is 10.1. The SMILES string of the molecule is CC[C@H](C)Oc1ccc(/C=C2\SC(=O)N(CC(=O)N3CCCC3)C2=O)cc1. The molecule has 1 aromatic rings. The molecule has 144 valence electrons. The van der Waals surface area contributed by atoms with E-state index in [1.165, 1.54) is 0 Å². The number of benzene rings is 1. The molecule has 0 unspecified atom stereocenters. The van der Waals surface area contributed by atoms with E-state index in [1.807, 2.05) is 31.2 Å². The summed E-state index contributed by atoms with van der Waals surface area (Å²) in [6.45, 7) is 5.30. The second-order valence-electron chi connectivity index (χ2n) is 6.76. The monoisotopic (exact) mass is 388 g/mol. The maximum absolute atomic E-state index is 12.5. The van der Waals surface area contributed by atoms with Gasteiger partial charge in [0, 0.05) is 13.1 Å². The van der Waals surface area contributed by atoms with Crippen LogP contribution >= 0.6 is 11.8 Å². The van der Waals surface area contributed by atoms with Gasteiger partial charge in [-0.1, -0.05) is 19.1 Å². The van der Waals surface area contributed by atoms with Crippen molar-refractivity contribution < 1.29 is 19.1 Å². The van der Waals surface area contributed by atoms with Gasteiger partial charge in [-0.2, -0.15) is 0 Å². The Hall–Kier alpha value is -2.28. The van der Waals surface area contributed by atoms with Gasteiger partial charge in [0.1, 0.15) is 12.3 Å². The van der Waals surface area contributed by atoms with E-state index in [-0.39, 0.29) is 18.6 Å². The van der Waals surface area contributed by atoms with Crippen LogP contribution in [0.4, 0.5) is 4.79 Å². The van der Waals surface area contributed by atoms with Crippen molar-refractivity contribution in [2.75, 3.05) is 19.6 Å². The number of likely N-dealkylation sites (tertiary alicyclic amines) is 1. The van der Waals surface area contributed by atoms with E-state index in [9.17, 15) is 14.4 Å². The summed E-state index contributed by atoms with van der Waals surface area (Å²) < 4.78 is 5.74. The molecular formula is C20H24N2O4S. The Morgan fingerprint density at radius 2 is 1.89 bits per heavy atom. The zero-order valence-electron chi connectivity index (χ0n) is 15.6. The van der Waals surface area contributed by atoms with Crippen LogP contribution in [0.25, 0.3) is 6.08 Å². The zero-order chi connectivity index (χ0) is 19.4. The Labute approximate surface area is 163 Å². The number of thioether (sulfide) groups is 1. The number of nitrogens with zero attached hydrogens (tertiary/aromatic N) is 2. The second kappa shape index (κ2) is 8.61. The summed E-state index contributed by atoms with van der Waals surface area (Å²) in [5.74, 6) is 0.200. The molecule has 0 N–H and O–H groups in total. The van der Waals surface area contributed by atoms with Crippen LogP contribution in [0.2, 0.25) is 0 Å². The molecule has 2 fully saturated rings. The molecule has 3 amide bonds. The van der Waals surface area contributed by atoms with Gasteiger partial charge < -0.3 is 9.64 Å². The highest BCUT2D eigenvalue weighted by Gasteiger charge is 2.37. The van der Waals surface area contributed by atoms with Crippen molar-refractivity contribution in [3.05, 3.63) is 34.7 Å². The van der Waals surface area contributed by atoms with Crippen molar-refractivity contribution in [3.8, 4) is 5.75 Å². The molecule has 0 aromatic heterocycles. The van der Waals surface area contributed by atoms with Crippen molar-refractivity contribution in [3.63, 3.8) is 0 Å². The van der Waals surface area contributed by atoms with E-state index < -0.39 is 11.1 Å². The van der Waals surface area contributed by atoms with Crippen molar-refractivity contribution in [2.24, 2.45) is 0 Å². The molecule has 0 aliphatic carbocycles. The maximum Gasteiger partial charge on any atom is 0.294 e. The van der Waals surface area contributed by atoms with Crippen LogP contribution < -0.4 is 4.74 Å². The van der Waals surface area contributed by atoms with Crippen LogP contribution in [-0.2, 0) is 9.59 Å². The van der Waals surface area contributed by atoms with E-state index in [2.05, 4.69) is 6.92 Å². The predicted molar refractivity (Wildman–Crippen MR) is 105 cm³/mol. The Kier molecular flexibility index (Phi) is 6.21. The molecule has 2 aliphatic heterocycles. The minimum Gasteiger partial charge on any atom is -0.491 e. The minimum absolute atomic E-state index is 0.139. The molecule has 0 spiro atoms. The van der Waals surface area contributed by atoms with Crippen molar-refractivity contribution in [1.82, 2.24) is 9.80 Å². The first-order valence-electron chi connectivity index (χ1n) is 9.27. The fraction of sp³-hybridized carbons (Fsp3) is 0.450. The average molecular weight is 388 g/mol. The number of amides is 3. The highest BCUT2D eigenvalue weighted by Crippen LogP contribution is 2.32. The van der Waals surface area contributed by atoms with Gasteiger partial charge in [0.25, 0.3) is 11.1 Å². The molecule has 1 aromatic carbocycles. The lowest BCUT2D eigenvalue weighted by atomic mass is 10.2. The molecule has 2 aliphatic rings. The molecule has 3 rings (SSSR count). The molecular weight excluding hydrogens is 364 g/mol. The summed E-state index contributed by atoms with van der Waals surface area (Å²) in [6.07, 6.45) is 4.69. The molecule has 2 heterocycles. The largest absolute Gasteiger partial charge is 0.491 e. The molecule has 2 saturated heterocycles. The van der Waals surface area contributed by atoms with Crippen LogP contribution in [0.3, 0.4) is 0 Å². The lowest BCUT2D eigenvalue weighted by Gasteiger charge is -2.18. The number of hydrogen-bond acceptors (Lipinski definition) is 5. The molecule has 7 heteroatoms. The second-order valence-corrected chi connectivity index (χ2v) is 7.75. The van der Waals surface area contributed by atoms with Gasteiger partial charge in [0.05, 0.1) is 11.0 Å². The van der Waals surface area contributed by atoms with Gasteiger partial charge in [-0.05, 0) is 61.7 Å². The number of carbonyl (C=O) groups excluding carboxylic acids is 3. The lowest BCUT2D eigenvalue weighted by molar-refractivity contribution is -0.135.